The minimum Gasteiger partial charge on any atom is -0.481 e. The van der Waals surface area contributed by atoms with E-state index < -0.39 is 17.6 Å². The summed E-state index contributed by atoms with van der Waals surface area (Å²) in [6.45, 7) is 6.74. The number of hydrogen-bond donors (Lipinski definition) is 1. The van der Waals surface area contributed by atoms with E-state index in [2.05, 4.69) is 31.9 Å². The molecular weight excluding hydrogens is 394 g/mol. The fraction of sp³-hybridized carbons (Fsp3) is 0.846. The third kappa shape index (κ3) is 8.92. The van der Waals surface area contributed by atoms with Crippen molar-refractivity contribution in [3.8, 4) is 0 Å². The molecule has 0 unspecified atom stereocenters. The summed E-state index contributed by atoms with van der Waals surface area (Å²) in [6, 6.07) is -0.527. The highest BCUT2D eigenvalue weighted by Gasteiger charge is 2.30. The van der Waals surface area contributed by atoms with Crippen LogP contribution >= 0.6 is 31.9 Å². The Kier molecular flexibility index (Phi) is 9.67. The molecule has 0 saturated heterocycles. The van der Waals surface area contributed by atoms with E-state index in [0.717, 1.165) is 0 Å². The lowest BCUT2D eigenvalue weighted by atomic mass is 10.1. The van der Waals surface area contributed by atoms with E-state index in [1.807, 2.05) is 4.90 Å². The van der Waals surface area contributed by atoms with Crippen LogP contribution in [-0.4, -0.2) is 57.3 Å². The zero-order valence-corrected chi connectivity index (χ0v) is 15.4. The molecule has 0 radical (unpaired) electrons. The predicted molar refractivity (Wildman–Crippen MR) is 85.7 cm³/mol. The molecule has 0 aliphatic heterocycles. The quantitative estimate of drug-likeness (QED) is 0.462. The molecule has 1 atom stereocenters. The highest BCUT2D eigenvalue weighted by atomic mass is 79.9. The third-order valence-corrected chi connectivity index (χ3v) is 3.20. The monoisotopic (exact) mass is 415 g/mol. The number of carbonyl (C=O) groups is 2. The molecule has 5 nitrogen and oxygen atoms in total. The maximum absolute atomic E-state index is 12.3. The van der Waals surface area contributed by atoms with Crippen LogP contribution < -0.4 is 0 Å². The lowest BCUT2D eigenvalue weighted by molar-refractivity contribution is -0.161. The van der Waals surface area contributed by atoms with Crippen LogP contribution in [0, 0.1) is 0 Å². The number of ether oxygens (including phenoxy) is 1. The van der Waals surface area contributed by atoms with Gasteiger partial charge in [0.15, 0.2) is 0 Å². The summed E-state index contributed by atoms with van der Waals surface area (Å²) in [5.74, 6) is -1.27. The fourth-order valence-corrected chi connectivity index (χ4v) is 2.63. The smallest absolute Gasteiger partial charge is 0.323 e. The number of hydrogen-bond acceptors (Lipinski definition) is 4. The van der Waals surface area contributed by atoms with E-state index in [9.17, 15) is 9.59 Å². The first kappa shape index (κ1) is 19.9. The molecule has 0 aliphatic carbocycles. The summed E-state index contributed by atoms with van der Waals surface area (Å²) < 4.78 is 5.40. The standard InChI is InChI=1S/C13H23Br2NO4/c1-13(2,3)20-12(19)10(4-5-11(17)18)16(8-6-14)9-7-15/h10H,4-9H2,1-3H3,(H,17,18)/t10-/m1/s1. The Hall–Kier alpha value is -0.140. The van der Waals surface area contributed by atoms with Crippen molar-refractivity contribution in [1.82, 2.24) is 4.90 Å². The summed E-state index contributed by atoms with van der Waals surface area (Å²) in [4.78, 5) is 25.0. The first-order valence-electron chi connectivity index (χ1n) is 6.52. The SMILES string of the molecule is CC(C)(C)OC(=O)[C@@H](CCC(=O)O)N(CCBr)CCBr. The fourth-order valence-electron chi connectivity index (χ4n) is 1.72. The van der Waals surface area contributed by atoms with Crippen molar-refractivity contribution >= 4 is 43.8 Å². The average molecular weight is 417 g/mol. The largest absolute Gasteiger partial charge is 0.481 e. The molecule has 0 spiro atoms. The van der Waals surface area contributed by atoms with Crippen molar-refractivity contribution in [3.05, 3.63) is 0 Å². The van der Waals surface area contributed by atoms with E-state index in [1.165, 1.54) is 0 Å². The molecule has 20 heavy (non-hydrogen) atoms. The number of esters is 1. The second-order valence-corrected chi connectivity index (χ2v) is 6.98. The van der Waals surface area contributed by atoms with Gasteiger partial charge in [0.05, 0.1) is 0 Å². The van der Waals surface area contributed by atoms with Gasteiger partial charge in [0, 0.05) is 30.2 Å². The number of nitrogens with zero attached hydrogens (tertiary/aromatic N) is 1. The number of carboxylic acid groups (broad SMARTS) is 1. The Morgan fingerprint density at radius 2 is 1.70 bits per heavy atom. The van der Waals surface area contributed by atoms with Crippen LogP contribution in [0.15, 0.2) is 0 Å². The van der Waals surface area contributed by atoms with E-state index in [-0.39, 0.29) is 18.8 Å². The molecule has 0 saturated carbocycles. The lowest BCUT2D eigenvalue weighted by Crippen LogP contribution is -2.46. The molecule has 0 aliphatic rings. The summed E-state index contributed by atoms with van der Waals surface area (Å²) >= 11 is 6.71. The third-order valence-electron chi connectivity index (χ3n) is 2.49. The van der Waals surface area contributed by atoms with E-state index in [0.29, 0.717) is 23.7 Å². The molecular formula is C13H23Br2NO4. The Balaban J connectivity index is 4.91. The molecule has 118 valence electrons. The summed E-state index contributed by atoms with van der Waals surface area (Å²) in [5.41, 5.74) is -0.576. The predicted octanol–water partition coefficient (Wildman–Crippen LogP) is 2.65. The highest BCUT2D eigenvalue weighted by molar-refractivity contribution is 9.09. The van der Waals surface area contributed by atoms with Gasteiger partial charge in [0.2, 0.25) is 0 Å². The van der Waals surface area contributed by atoms with Gasteiger partial charge in [-0.15, -0.1) is 0 Å². The lowest BCUT2D eigenvalue weighted by Gasteiger charge is -2.31. The molecule has 0 bridgehead atoms. The van der Waals surface area contributed by atoms with Crippen molar-refractivity contribution in [3.63, 3.8) is 0 Å². The Morgan fingerprint density at radius 1 is 1.20 bits per heavy atom. The normalized spacial score (nSPS) is 13.3. The highest BCUT2D eigenvalue weighted by Crippen LogP contribution is 2.16. The van der Waals surface area contributed by atoms with Crippen LogP contribution in [0.5, 0.6) is 0 Å². The van der Waals surface area contributed by atoms with Crippen LogP contribution in [0.2, 0.25) is 0 Å². The van der Waals surface area contributed by atoms with Crippen LogP contribution in [-0.2, 0) is 14.3 Å². The van der Waals surface area contributed by atoms with Crippen LogP contribution in [0.25, 0.3) is 0 Å². The number of carbonyl (C=O) groups excluding carboxylic acids is 1. The number of alkyl halides is 2. The molecule has 1 N–H and O–H groups in total. The second-order valence-electron chi connectivity index (χ2n) is 5.40. The van der Waals surface area contributed by atoms with Crippen molar-refractivity contribution in [2.24, 2.45) is 0 Å². The van der Waals surface area contributed by atoms with Crippen LogP contribution in [0.3, 0.4) is 0 Å². The van der Waals surface area contributed by atoms with Gasteiger partial charge in [-0.05, 0) is 27.2 Å². The molecule has 7 heteroatoms. The molecule has 0 aromatic heterocycles. The molecule has 0 aromatic rings. The van der Waals surface area contributed by atoms with Crippen molar-refractivity contribution in [1.29, 1.82) is 0 Å². The molecule has 0 aromatic carbocycles. The first-order valence-corrected chi connectivity index (χ1v) is 8.76. The van der Waals surface area contributed by atoms with E-state index in [1.54, 1.807) is 20.8 Å². The van der Waals surface area contributed by atoms with E-state index in [4.69, 9.17) is 9.84 Å². The van der Waals surface area contributed by atoms with Gasteiger partial charge in [-0.25, -0.2) is 0 Å². The first-order chi connectivity index (χ1) is 9.21. The number of carboxylic acids is 1. The number of rotatable bonds is 9. The maximum atomic E-state index is 12.3. The number of aliphatic carboxylic acids is 1. The van der Waals surface area contributed by atoms with Gasteiger partial charge in [-0.1, -0.05) is 31.9 Å². The second kappa shape index (κ2) is 9.73. The van der Waals surface area contributed by atoms with Crippen molar-refractivity contribution < 1.29 is 19.4 Å². The zero-order chi connectivity index (χ0) is 15.8. The maximum Gasteiger partial charge on any atom is 0.323 e. The molecule has 0 amide bonds. The molecule has 0 heterocycles. The average Bonchev–Trinajstić information content (AvgIpc) is 2.26. The van der Waals surface area contributed by atoms with Gasteiger partial charge in [-0.2, -0.15) is 0 Å². The Morgan fingerprint density at radius 3 is 2.05 bits per heavy atom. The zero-order valence-electron chi connectivity index (χ0n) is 12.2. The van der Waals surface area contributed by atoms with Crippen LogP contribution in [0.4, 0.5) is 0 Å². The van der Waals surface area contributed by atoms with Gasteiger partial charge >= 0.3 is 11.9 Å². The van der Waals surface area contributed by atoms with Crippen molar-refractivity contribution in [2.75, 3.05) is 23.7 Å². The molecule has 0 rings (SSSR count). The summed E-state index contributed by atoms with van der Waals surface area (Å²) in [6.07, 6.45) is 0.204. The minimum absolute atomic E-state index is 0.0506. The minimum atomic E-state index is -0.906. The number of halogens is 2. The van der Waals surface area contributed by atoms with Gasteiger partial charge < -0.3 is 9.84 Å². The summed E-state index contributed by atoms with van der Waals surface area (Å²) in [7, 11) is 0. The van der Waals surface area contributed by atoms with Gasteiger partial charge in [-0.3, -0.25) is 14.5 Å². The summed E-state index contributed by atoms with van der Waals surface area (Å²) in [5, 5.41) is 10.3. The van der Waals surface area contributed by atoms with Crippen LogP contribution in [0.1, 0.15) is 33.6 Å². The molecule has 0 fully saturated rings. The Labute approximate surface area is 137 Å². The Bertz CT molecular complexity index is 312. The van der Waals surface area contributed by atoms with E-state index >= 15 is 0 Å². The van der Waals surface area contributed by atoms with Gasteiger partial charge in [0.25, 0.3) is 0 Å². The van der Waals surface area contributed by atoms with Gasteiger partial charge in [0.1, 0.15) is 11.6 Å². The topological polar surface area (TPSA) is 66.8 Å². The van der Waals surface area contributed by atoms with Crippen molar-refractivity contribution in [2.45, 2.75) is 45.3 Å².